The van der Waals surface area contributed by atoms with Crippen LogP contribution in [-0.2, 0) is 0 Å². The molecule has 0 fully saturated rings. The van der Waals surface area contributed by atoms with Gasteiger partial charge in [-0.3, -0.25) is 4.79 Å². The van der Waals surface area contributed by atoms with Crippen molar-refractivity contribution in [3.8, 4) is 27.9 Å². The maximum Gasteiger partial charge on any atom is 0.266 e. The molecule has 0 atom stereocenters. The number of H-pyrrole nitrogens is 1. The summed E-state index contributed by atoms with van der Waals surface area (Å²) in [6, 6.07) is 11.0. The molecule has 0 unspecified atom stereocenters. The zero-order valence-electron chi connectivity index (χ0n) is 11.8. The number of aromatic nitrogens is 2. The highest BCUT2D eigenvalue weighted by Gasteiger charge is 2.11. The van der Waals surface area contributed by atoms with Crippen LogP contribution in [0.1, 0.15) is 11.3 Å². The van der Waals surface area contributed by atoms with Crippen molar-refractivity contribution in [1.82, 2.24) is 9.97 Å². The Balaban J connectivity index is 2.06. The predicted molar refractivity (Wildman–Crippen MR) is 87.5 cm³/mol. The van der Waals surface area contributed by atoms with Gasteiger partial charge in [0.25, 0.3) is 5.56 Å². The fourth-order valence-electron chi connectivity index (χ4n) is 2.13. The maximum atomic E-state index is 11.6. The van der Waals surface area contributed by atoms with Gasteiger partial charge >= 0.3 is 0 Å². The Kier molecular flexibility index (Phi) is 3.49. The SMILES string of the molecule is Cc1[nH]c(=O)c(C#N)cc1-c1csc(-c2ccc(N)cc2)n1. The van der Waals surface area contributed by atoms with Gasteiger partial charge < -0.3 is 10.7 Å². The van der Waals surface area contributed by atoms with Gasteiger partial charge in [0, 0.05) is 27.9 Å². The molecule has 0 saturated heterocycles. The first kappa shape index (κ1) is 14.0. The number of nitrogens with two attached hydrogens (primary N) is 1. The van der Waals surface area contributed by atoms with E-state index in [1.54, 1.807) is 13.0 Å². The Labute approximate surface area is 130 Å². The number of nitrogen functional groups attached to an aromatic ring is 1. The van der Waals surface area contributed by atoms with E-state index in [2.05, 4.69) is 9.97 Å². The van der Waals surface area contributed by atoms with Gasteiger partial charge in [-0.2, -0.15) is 5.26 Å². The van der Waals surface area contributed by atoms with E-state index >= 15 is 0 Å². The molecule has 0 aliphatic carbocycles. The highest BCUT2D eigenvalue weighted by Crippen LogP contribution is 2.30. The average molecular weight is 308 g/mol. The highest BCUT2D eigenvalue weighted by molar-refractivity contribution is 7.13. The van der Waals surface area contributed by atoms with E-state index < -0.39 is 0 Å². The van der Waals surface area contributed by atoms with E-state index in [1.165, 1.54) is 11.3 Å². The van der Waals surface area contributed by atoms with Gasteiger partial charge in [-0.1, -0.05) is 0 Å². The molecule has 6 heteroatoms. The summed E-state index contributed by atoms with van der Waals surface area (Å²) < 4.78 is 0. The van der Waals surface area contributed by atoms with E-state index in [4.69, 9.17) is 11.0 Å². The normalized spacial score (nSPS) is 10.4. The molecular weight excluding hydrogens is 296 g/mol. The van der Waals surface area contributed by atoms with E-state index in [1.807, 2.05) is 35.7 Å². The molecule has 0 aliphatic heterocycles. The summed E-state index contributed by atoms with van der Waals surface area (Å²) in [6.45, 7) is 1.79. The van der Waals surface area contributed by atoms with Gasteiger partial charge in [-0.25, -0.2) is 4.98 Å². The first-order valence-electron chi connectivity index (χ1n) is 6.54. The van der Waals surface area contributed by atoms with Crippen LogP contribution in [0.15, 0.2) is 40.5 Å². The number of aryl methyl sites for hydroxylation is 1. The van der Waals surface area contributed by atoms with Crippen LogP contribution in [-0.4, -0.2) is 9.97 Å². The second-order valence-corrected chi connectivity index (χ2v) is 5.68. The largest absolute Gasteiger partial charge is 0.399 e. The molecular formula is C16H12N4OS. The van der Waals surface area contributed by atoms with Crippen LogP contribution < -0.4 is 11.3 Å². The Morgan fingerprint density at radius 2 is 2.05 bits per heavy atom. The van der Waals surface area contributed by atoms with Crippen LogP contribution >= 0.6 is 11.3 Å². The Hall–Kier alpha value is -2.91. The van der Waals surface area contributed by atoms with Crippen molar-refractivity contribution in [2.24, 2.45) is 0 Å². The van der Waals surface area contributed by atoms with Gasteiger partial charge in [-0.15, -0.1) is 11.3 Å². The first-order chi connectivity index (χ1) is 10.6. The minimum atomic E-state index is -0.377. The Morgan fingerprint density at radius 1 is 1.32 bits per heavy atom. The molecule has 5 nitrogen and oxygen atoms in total. The first-order valence-corrected chi connectivity index (χ1v) is 7.42. The minimum Gasteiger partial charge on any atom is -0.399 e. The number of hydrogen-bond acceptors (Lipinski definition) is 5. The summed E-state index contributed by atoms with van der Waals surface area (Å²) in [4.78, 5) is 18.9. The van der Waals surface area contributed by atoms with Crippen molar-refractivity contribution in [3.05, 3.63) is 57.3 Å². The van der Waals surface area contributed by atoms with Crippen LogP contribution in [0.4, 0.5) is 5.69 Å². The molecule has 0 bridgehead atoms. The topological polar surface area (TPSA) is 95.6 Å². The molecule has 0 spiro atoms. The van der Waals surface area contributed by atoms with Gasteiger partial charge in [0.2, 0.25) is 0 Å². The third-order valence-corrected chi connectivity index (χ3v) is 4.19. The molecule has 2 aromatic heterocycles. The van der Waals surface area contributed by atoms with Crippen molar-refractivity contribution < 1.29 is 0 Å². The van der Waals surface area contributed by atoms with E-state index in [-0.39, 0.29) is 11.1 Å². The lowest BCUT2D eigenvalue weighted by Gasteiger charge is -2.02. The van der Waals surface area contributed by atoms with Gasteiger partial charge in [0.05, 0.1) is 5.69 Å². The number of hydrogen-bond donors (Lipinski definition) is 2. The van der Waals surface area contributed by atoms with Crippen molar-refractivity contribution in [2.45, 2.75) is 6.92 Å². The van der Waals surface area contributed by atoms with Crippen LogP contribution in [0, 0.1) is 18.3 Å². The van der Waals surface area contributed by atoms with Gasteiger partial charge in [0.15, 0.2) is 0 Å². The smallest absolute Gasteiger partial charge is 0.266 e. The van der Waals surface area contributed by atoms with Gasteiger partial charge in [0.1, 0.15) is 16.6 Å². The molecule has 22 heavy (non-hydrogen) atoms. The molecule has 3 aromatic rings. The lowest BCUT2D eigenvalue weighted by molar-refractivity contribution is 1.13. The summed E-state index contributed by atoms with van der Waals surface area (Å²) in [7, 11) is 0. The molecule has 2 heterocycles. The molecule has 0 radical (unpaired) electrons. The third kappa shape index (κ3) is 2.50. The molecule has 108 valence electrons. The zero-order chi connectivity index (χ0) is 15.7. The Bertz CT molecular complexity index is 932. The number of aromatic amines is 1. The van der Waals surface area contributed by atoms with Crippen LogP contribution in [0.2, 0.25) is 0 Å². The number of benzene rings is 1. The predicted octanol–water partition coefficient (Wildman–Crippen LogP) is 2.93. The van der Waals surface area contributed by atoms with Crippen molar-refractivity contribution >= 4 is 17.0 Å². The molecule has 1 aromatic carbocycles. The monoisotopic (exact) mass is 308 g/mol. The van der Waals surface area contributed by atoms with Crippen LogP contribution in [0.25, 0.3) is 21.8 Å². The molecule has 0 saturated carbocycles. The van der Waals surface area contributed by atoms with Crippen LogP contribution in [0.3, 0.4) is 0 Å². The number of nitriles is 1. The second-order valence-electron chi connectivity index (χ2n) is 4.82. The van der Waals surface area contributed by atoms with E-state index in [9.17, 15) is 4.79 Å². The van der Waals surface area contributed by atoms with Gasteiger partial charge in [-0.05, 0) is 37.3 Å². The van der Waals surface area contributed by atoms with E-state index in [0.29, 0.717) is 11.4 Å². The fraction of sp³-hybridized carbons (Fsp3) is 0.0625. The quantitative estimate of drug-likeness (QED) is 0.711. The second kappa shape index (κ2) is 5.47. The molecule has 0 amide bonds. The number of nitrogens with zero attached hydrogens (tertiary/aromatic N) is 2. The lowest BCUT2D eigenvalue weighted by Crippen LogP contribution is -2.11. The summed E-state index contributed by atoms with van der Waals surface area (Å²) >= 11 is 1.50. The van der Waals surface area contributed by atoms with Crippen molar-refractivity contribution in [3.63, 3.8) is 0 Å². The summed E-state index contributed by atoms with van der Waals surface area (Å²) in [5, 5.41) is 11.8. The number of anilines is 1. The van der Waals surface area contributed by atoms with Crippen molar-refractivity contribution in [1.29, 1.82) is 5.26 Å². The molecule has 3 N–H and O–H groups in total. The fourth-order valence-corrected chi connectivity index (χ4v) is 2.95. The lowest BCUT2D eigenvalue weighted by atomic mass is 10.1. The number of rotatable bonds is 2. The summed E-state index contributed by atoms with van der Waals surface area (Å²) in [6.07, 6.45) is 0. The number of thiazole rings is 1. The van der Waals surface area contributed by atoms with E-state index in [0.717, 1.165) is 21.8 Å². The Morgan fingerprint density at radius 3 is 2.73 bits per heavy atom. The highest BCUT2D eigenvalue weighted by atomic mass is 32.1. The average Bonchev–Trinajstić information content (AvgIpc) is 2.98. The summed E-state index contributed by atoms with van der Waals surface area (Å²) in [5.41, 5.74) is 9.27. The number of pyridine rings is 1. The summed E-state index contributed by atoms with van der Waals surface area (Å²) in [5.74, 6) is 0. The zero-order valence-corrected chi connectivity index (χ0v) is 12.6. The van der Waals surface area contributed by atoms with Crippen LogP contribution in [0.5, 0.6) is 0 Å². The maximum absolute atomic E-state index is 11.6. The standard InChI is InChI=1S/C16H12N4OS/c1-9-13(6-11(7-17)15(21)19-9)14-8-22-16(20-14)10-2-4-12(18)5-3-10/h2-6,8H,18H2,1H3,(H,19,21). The third-order valence-electron chi connectivity index (χ3n) is 3.30. The molecule has 0 aliphatic rings. The van der Waals surface area contributed by atoms with Crippen molar-refractivity contribution in [2.75, 3.05) is 5.73 Å². The number of nitrogens with one attached hydrogen (secondary N) is 1. The minimum absolute atomic E-state index is 0.0858. The molecule has 3 rings (SSSR count).